The van der Waals surface area contributed by atoms with Gasteiger partial charge in [0.1, 0.15) is 5.82 Å². The van der Waals surface area contributed by atoms with Crippen LogP contribution in [0.25, 0.3) is 10.9 Å². The lowest BCUT2D eigenvalue weighted by atomic mass is 9.82. The van der Waals surface area contributed by atoms with Crippen molar-refractivity contribution >= 4 is 29.1 Å². The highest BCUT2D eigenvalue weighted by molar-refractivity contribution is 5.94. The zero-order chi connectivity index (χ0) is 19.1. The van der Waals surface area contributed by atoms with Crippen molar-refractivity contribution < 1.29 is 0 Å². The fraction of sp³-hybridized carbons (Fsp3) is 0.480. The number of hydrogen-bond acceptors (Lipinski definition) is 2. The summed E-state index contributed by atoms with van der Waals surface area (Å²) >= 11 is 0. The Bertz CT molecular complexity index is 1000. The lowest BCUT2D eigenvalue weighted by molar-refractivity contribution is 0.356. The van der Waals surface area contributed by atoms with E-state index >= 15 is 0 Å². The van der Waals surface area contributed by atoms with Gasteiger partial charge >= 0.3 is 0 Å². The molecule has 3 heterocycles. The predicted molar refractivity (Wildman–Crippen MR) is 124 cm³/mol. The molecule has 1 saturated carbocycles. The van der Waals surface area contributed by atoms with Crippen LogP contribution >= 0.6 is 12.4 Å². The summed E-state index contributed by atoms with van der Waals surface area (Å²) < 4.78 is 0. The number of benzene rings is 1. The smallest absolute Gasteiger partial charge is 0.138 e. The standard InChI is InChI=1S/C25H31N3.ClH/c1-17-18(2)27-23-11-13-26-25(24(17)23)28-14-12-20-9-6-10-21(22(20)16-28)15-19-7-4-3-5-8-19;/h6,9-11,13,19,27H,3-5,7-8,12,14-16H2,1-2H3;1H. The second-order valence-corrected chi connectivity index (χ2v) is 8.87. The summed E-state index contributed by atoms with van der Waals surface area (Å²) in [7, 11) is 0. The average Bonchev–Trinajstić information content (AvgIpc) is 3.03. The van der Waals surface area contributed by atoms with Gasteiger partial charge in [0.05, 0.1) is 5.52 Å². The molecule has 1 fully saturated rings. The van der Waals surface area contributed by atoms with E-state index in [9.17, 15) is 0 Å². The maximum Gasteiger partial charge on any atom is 0.138 e. The number of anilines is 1. The number of rotatable bonds is 3. The molecule has 1 aliphatic heterocycles. The predicted octanol–water partition coefficient (Wildman–Crippen LogP) is 6.29. The largest absolute Gasteiger partial charge is 0.358 e. The molecule has 154 valence electrons. The topological polar surface area (TPSA) is 31.9 Å². The zero-order valence-electron chi connectivity index (χ0n) is 17.6. The number of aryl methyl sites for hydroxylation is 2. The van der Waals surface area contributed by atoms with E-state index in [1.54, 1.807) is 16.7 Å². The molecule has 4 heteroatoms. The van der Waals surface area contributed by atoms with E-state index < -0.39 is 0 Å². The summed E-state index contributed by atoms with van der Waals surface area (Å²) in [5.41, 5.74) is 8.50. The van der Waals surface area contributed by atoms with Crippen LogP contribution < -0.4 is 4.90 Å². The highest BCUT2D eigenvalue weighted by Gasteiger charge is 2.24. The minimum absolute atomic E-state index is 0. The SMILES string of the molecule is Cc1[nH]c2ccnc(N3CCc4cccc(CC5CCCCC5)c4C3)c2c1C.Cl. The van der Waals surface area contributed by atoms with Crippen LogP contribution in [0, 0.1) is 19.8 Å². The molecule has 1 aliphatic carbocycles. The molecule has 2 aromatic heterocycles. The van der Waals surface area contributed by atoms with Crippen LogP contribution in [-0.2, 0) is 19.4 Å². The monoisotopic (exact) mass is 409 g/mol. The van der Waals surface area contributed by atoms with Crippen molar-refractivity contribution in [1.29, 1.82) is 0 Å². The molecule has 29 heavy (non-hydrogen) atoms. The first-order valence-corrected chi connectivity index (χ1v) is 11.0. The van der Waals surface area contributed by atoms with Gasteiger partial charge in [0.25, 0.3) is 0 Å². The number of aromatic nitrogens is 2. The van der Waals surface area contributed by atoms with Gasteiger partial charge in [-0.25, -0.2) is 4.98 Å². The number of aromatic amines is 1. The van der Waals surface area contributed by atoms with Crippen molar-refractivity contribution in [1.82, 2.24) is 9.97 Å². The lowest BCUT2D eigenvalue weighted by Gasteiger charge is -2.33. The maximum absolute atomic E-state index is 4.83. The molecule has 1 aromatic carbocycles. The Hall–Kier alpha value is -2.00. The van der Waals surface area contributed by atoms with Gasteiger partial charge in [-0.2, -0.15) is 0 Å². The zero-order valence-corrected chi connectivity index (χ0v) is 18.4. The number of halogens is 1. The molecule has 5 rings (SSSR count). The van der Waals surface area contributed by atoms with Gasteiger partial charge in [0.15, 0.2) is 0 Å². The summed E-state index contributed by atoms with van der Waals surface area (Å²) in [6.07, 6.45) is 11.4. The third kappa shape index (κ3) is 3.77. The van der Waals surface area contributed by atoms with E-state index in [1.807, 2.05) is 6.20 Å². The number of nitrogens with zero attached hydrogens (tertiary/aromatic N) is 2. The van der Waals surface area contributed by atoms with Gasteiger partial charge in [0.2, 0.25) is 0 Å². The molecule has 0 unspecified atom stereocenters. The van der Waals surface area contributed by atoms with E-state index in [2.05, 4.69) is 48.0 Å². The number of fused-ring (bicyclic) bond motifs is 2. The highest BCUT2D eigenvalue weighted by Crippen LogP contribution is 2.35. The number of H-pyrrole nitrogens is 1. The minimum atomic E-state index is 0. The quantitative estimate of drug-likeness (QED) is 0.551. The van der Waals surface area contributed by atoms with Gasteiger partial charge in [-0.05, 0) is 60.9 Å². The summed E-state index contributed by atoms with van der Waals surface area (Å²) in [5.74, 6) is 2.03. The van der Waals surface area contributed by atoms with Gasteiger partial charge in [-0.15, -0.1) is 12.4 Å². The Labute approximate surface area is 180 Å². The third-order valence-electron chi connectivity index (χ3n) is 7.09. The second kappa shape index (κ2) is 8.39. The Morgan fingerprint density at radius 3 is 2.76 bits per heavy atom. The van der Waals surface area contributed by atoms with Crippen molar-refractivity contribution in [3.05, 3.63) is 58.4 Å². The maximum atomic E-state index is 4.83. The van der Waals surface area contributed by atoms with Crippen molar-refractivity contribution in [2.24, 2.45) is 5.92 Å². The molecular weight excluding hydrogens is 378 g/mol. The van der Waals surface area contributed by atoms with Crippen molar-refractivity contribution in [3.8, 4) is 0 Å². The molecule has 3 aromatic rings. The van der Waals surface area contributed by atoms with Gasteiger partial charge < -0.3 is 9.88 Å². The molecule has 0 spiro atoms. The van der Waals surface area contributed by atoms with E-state index in [0.29, 0.717) is 0 Å². The first kappa shape index (κ1) is 20.3. The summed E-state index contributed by atoms with van der Waals surface area (Å²) in [5, 5.41) is 1.30. The van der Waals surface area contributed by atoms with E-state index in [0.717, 1.165) is 31.2 Å². The Morgan fingerprint density at radius 2 is 1.93 bits per heavy atom. The Kier molecular flexibility index (Phi) is 5.87. The number of pyridine rings is 1. The highest BCUT2D eigenvalue weighted by atomic mass is 35.5. The van der Waals surface area contributed by atoms with Crippen LogP contribution in [0.1, 0.15) is 60.1 Å². The fourth-order valence-electron chi connectivity index (χ4n) is 5.37. The van der Waals surface area contributed by atoms with E-state index in [-0.39, 0.29) is 12.4 Å². The number of hydrogen-bond donors (Lipinski definition) is 1. The normalized spacial score (nSPS) is 17.2. The molecule has 0 atom stereocenters. The molecule has 0 bridgehead atoms. The first-order valence-electron chi connectivity index (χ1n) is 11.0. The molecular formula is C25H32ClN3. The van der Waals surface area contributed by atoms with Crippen LogP contribution in [0.5, 0.6) is 0 Å². The first-order chi connectivity index (χ1) is 13.7. The van der Waals surface area contributed by atoms with Crippen LogP contribution in [-0.4, -0.2) is 16.5 Å². The second-order valence-electron chi connectivity index (χ2n) is 8.87. The van der Waals surface area contributed by atoms with Gasteiger partial charge in [0, 0.05) is 30.4 Å². The minimum Gasteiger partial charge on any atom is -0.358 e. The lowest BCUT2D eigenvalue weighted by Crippen LogP contribution is -2.32. The summed E-state index contributed by atoms with van der Waals surface area (Å²) in [6, 6.07) is 9.11. The Morgan fingerprint density at radius 1 is 1.10 bits per heavy atom. The van der Waals surface area contributed by atoms with Crippen LogP contribution in [0.4, 0.5) is 5.82 Å². The molecule has 0 amide bonds. The third-order valence-corrected chi connectivity index (χ3v) is 7.09. The van der Waals surface area contributed by atoms with Crippen LogP contribution in [0.15, 0.2) is 30.5 Å². The molecule has 3 nitrogen and oxygen atoms in total. The van der Waals surface area contributed by atoms with Gasteiger partial charge in [-0.1, -0.05) is 50.3 Å². The number of nitrogens with one attached hydrogen (secondary N) is 1. The average molecular weight is 410 g/mol. The van der Waals surface area contributed by atoms with Crippen molar-refractivity contribution in [2.75, 3.05) is 11.4 Å². The Balaban J connectivity index is 0.00000205. The molecule has 2 aliphatic rings. The van der Waals surface area contributed by atoms with E-state index in [1.165, 1.54) is 60.7 Å². The van der Waals surface area contributed by atoms with E-state index in [4.69, 9.17) is 4.98 Å². The molecule has 0 radical (unpaired) electrons. The van der Waals surface area contributed by atoms with Crippen LogP contribution in [0.2, 0.25) is 0 Å². The van der Waals surface area contributed by atoms with Crippen molar-refractivity contribution in [3.63, 3.8) is 0 Å². The summed E-state index contributed by atoms with van der Waals surface area (Å²) in [6.45, 7) is 6.42. The fourth-order valence-corrected chi connectivity index (χ4v) is 5.37. The molecule has 0 saturated heterocycles. The summed E-state index contributed by atoms with van der Waals surface area (Å²) in [4.78, 5) is 10.9. The van der Waals surface area contributed by atoms with Crippen LogP contribution in [0.3, 0.4) is 0 Å². The molecule has 1 N–H and O–H groups in total. The van der Waals surface area contributed by atoms with Crippen molar-refractivity contribution in [2.45, 2.75) is 65.3 Å². The van der Waals surface area contributed by atoms with Gasteiger partial charge in [-0.3, -0.25) is 0 Å².